The Morgan fingerprint density at radius 2 is 0.914 bits per heavy atom. The van der Waals surface area contributed by atoms with Gasteiger partial charge in [-0.1, -0.05) is 0 Å². The Morgan fingerprint density at radius 1 is 0.543 bits per heavy atom. The van der Waals surface area contributed by atoms with Gasteiger partial charge < -0.3 is 42.6 Å². The number of carbonyl (C=O) groups is 5. The van der Waals surface area contributed by atoms with Crippen molar-refractivity contribution in [3.63, 3.8) is 0 Å². The lowest BCUT2D eigenvalue weighted by Gasteiger charge is -2.45. The highest BCUT2D eigenvalue weighted by Gasteiger charge is 2.52. The first kappa shape index (κ1) is 28.4. The van der Waals surface area contributed by atoms with Crippen LogP contribution in [-0.4, -0.2) is 99.4 Å². The van der Waals surface area contributed by atoms with Crippen molar-refractivity contribution in [2.45, 2.75) is 83.8 Å². The lowest BCUT2D eigenvalue weighted by atomic mass is 10.0. The molecule has 0 saturated carbocycles. The molecule has 0 aromatic rings. The fourth-order valence-corrected chi connectivity index (χ4v) is 3.72. The van der Waals surface area contributed by atoms with Crippen LogP contribution >= 0.6 is 0 Å². The van der Waals surface area contributed by atoms with Crippen molar-refractivity contribution in [1.82, 2.24) is 0 Å². The molecule has 0 radical (unpaired) electrons. The van der Waals surface area contributed by atoms with E-state index in [9.17, 15) is 24.0 Å². The quantitative estimate of drug-likeness (QED) is 0.302. The number of methoxy groups -OCH3 is 1. The minimum Gasteiger partial charge on any atom is -0.457 e. The standard InChI is InChI=1S/C21H30O14/c1-9(22)30-14-8-29-21(19(34-13(5)26)16(14)32-11(3)24)35-17-15(31-10(2)23)7-28-20(27-6)18(17)33-12(4)25/h14-21H,7-8H2,1-6H3/t14-,15-,16+,17+,18-,19-,20-,21+/m1/s1. The van der Waals surface area contributed by atoms with Crippen LogP contribution in [0.5, 0.6) is 0 Å². The molecule has 0 aromatic carbocycles. The highest BCUT2D eigenvalue weighted by Crippen LogP contribution is 2.31. The number of carbonyl (C=O) groups excluding carboxylic acids is 5. The highest BCUT2D eigenvalue weighted by atomic mass is 16.8. The summed E-state index contributed by atoms with van der Waals surface area (Å²) in [5, 5.41) is 0. The minimum absolute atomic E-state index is 0.186. The van der Waals surface area contributed by atoms with E-state index in [-0.39, 0.29) is 13.2 Å². The van der Waals surface area contributed by atoms with Gasteiger partial charge in [-0.05, 0) is 0 Å². The molecule has 0 amide bonds. The van der Waals surface area contributed by atoms with Crippen molar-refractivity contribution in [2.24, 2.45) is 0 Å². The second-order valence-corrected chi connectivity index (χ2v) is 7.76. The number of hydrogen-bond acceptors (Lipinski definition) is 14. The average Bonchev–Trinajstić information content (AvgIpc) is 2.72. The van der Waals surface area contributed by atoms with E-state index >= 15 is 0 Å². The molecule has 2 rings (SSSR count). The SMILES string of the molecule is CO[C@@H]1OC[C@@H](OC(C)=O)[C@H](O[C@@H]2OC[C@@H](OC(C)=O)[C@H](OC(C)=O)[C@H]2OC(C)=O)[C@H]1OC(C)=O. The zero-order chi connectivity index (χ0) is 26.3. The topological polar surface area (TPSA) is 168 Å². The van der Waals surface area contributed by atoms with Crippen LogP contribution in [0.2, 0.25) is 0 Å². The fourth-order valence-electron chi connectivity index (χ4n) is 3.72. The maximum absolute atomic E-state index is 11.9. The van der Waals surface area contributed by atoms with E-state index in [1.54, 1.807) is 0 Å². The smallest absolute Gasteiger partial charge is 0.303 e. The molecule has 2 aliphatic heterocycles. The normalized spacial score (nSPS) is 32.6. The second-order valence-electron chi connectivity index (χ2n) is 7.76. The Hall–Kier alpha value is -2.81. The molecule has 14 heteroatoms. The summed E-state index contributed by atoms with van der Waals surface area (Å²) >= 11 is 0. The van der Waals surface area contributed by atoms with E-state index in [4.69, 9.17) is 42.6 Å². The van der Waals surface area contributed by atoms with Crippen LogP contribution in [0.15, 0.2) is 0 Å². The van der Waals surface area contributed by atoms with Crippen molar-refractivity contribution in [2.75, 3.05) is 20.3 Å². The molecule has 0 spiro atoms. The van der Waals surface area contributed by atoms with Gasteiger partial charge in [0.15, 0.2) is 43.1 Å². The summed E-state index contributed by atoms with van der Waals surface area (Å²) in [6, 6.07) is 0. The third-order valence-electron chi connectivity index (χ3n) is 4.83. The third-order valence-corrected chi connectivity index (χ3v) is 4.83. The second kappa shape index (κ2) is 12.8. The molecule has 2 heterocycles. The van der Waals surface area contributed by atoms with Crippen LogP contribution in [0, 0.1) is 0 Å². The van der Waals surface area contributed by atoms with Crippen molar-refractivity contribution < 1.29 is 66.6 Å². The third kappa shape index (κ3) is 8.13. The molecule has 0 aliphatic carbocycles. The predicted molar refractivity (Wildman–Crippen MR) is 109 cm³/mol. The first-order valence-electron chi connectivity index (χ1n) is 10.7. The van der Waals surface area contributed by atoms with Gasteiger partial charge in [-0.3, -0.25) is 24.0 Å². The summed E-state index contributed by atoms with van der Waals surface area (Å²) in [7, 11) is 1.31. The summed E-state index contributed by atoms with van der Waals surface area (Å²) < 4.78 is 48.8. The molecule has 14 nitrogen and oxygen atoms in total. The Morgan fingerprint density at radius 3 is 1.34 bits per heavy atom. The number of ether oxygens (including phenoxy) is 9. The van der Waals surface area contributed by atoms with E-state index in [0.717, 1.165) is 27.7 Å². The van der Waals surface area contributed by atoms with Gasteiger partial charge in [0.2, 0.25) is 0 Å². The molecule has 8 atom stereocenters. The monoisotopic (exact) mass is 506 g/mol. The molecular formula is C21H30O14. The Labute approximate surface area is 201 Å². The molecule has 2 aliphatic rings. The van der Waals surface area contributed by atoms with Crippen molar-refractivity contribution in [3.05, 3.63) is 0 Å². The van der Waals surface area contributed by atoms with E-state index in [1.807, 2.05) is 0 Å². The Kier molecular flexibility index (Phi) is 10.4. The van der Waals surface area contributed by atoms with E-state index in [2.05, 4.69) is 0 Å². The van der Waals surface area contributed by atoms with Crippen molar-refractivity contribution in [1.29, 1.82) is 0 Å². The average molecular weight is 506 g/mol. The van der Waals surface area contributed by atoms with E-state index < -0.39 is 79.1 Å². The molecule has 198 valence electrons. The van der Waals surface area contributed by atoms with Crippen LogP contribution in [0.4, 0.5) is 0 Å². The Balaban J connectivity index is 2.42. The largest absolute Gasteiger partial charge is 0.457 e. The van der Waals surface area contributed by atoms with Gasteiger partial charge >= 0.3 is 29.8 Å². The summed E-state index contributed by atoms with van der Waals surface area (Å²) in [4.78, 5) is 58.6. The Bertz CT molecular complexity index is 797. The van der Waals surface area contributed by atoms with Gasteiger partial charge in [-0.15, -0.1) is 0 Å². The van der Waals surface area contributed by atoms with Gasteiger partial charge in [0, 0.05) is 41.7 Å². The molecule has 0 aromatic heterocycles. The molecule has 35 heavy (non-hydrogen) atoms. The molecule has 2 fully saturated rings. The van der Waals surface area contributed by atoms with Crippen LogP contribution in [0.3, 0.4) is 0 Å². The molecule has 0 unspecified atom stereocenters. The summed E-state index contributed by atoms with van der Waals surface area (Å²) in [5.74, 6) is -3.58. The summed E-state index contributed by atoms with van der Waals surface area (Å²) in [6.07, 6.45) is -9.86. The molecule has 0 N–H and O–H groups in total. The first-order chi connectivity index (χ1) is 16.4. The molecular weight excluding hydrogens is 476 g/mol. The van der Waals surface area contributed by atoms with Crippen molar-refractivity contribution in [3.8, 4) is 0 Å². The van der Waals surface area contributed by atoms with Gasteiger partial charge in [-0.2, -0.15) is 0 Å². The van der Waals surface area contributed by atoms with Crippen LogP contribution in [-0.2, 0) is 66.6 Å². The fraction of sp³-hybridized carbons (Fsp3) is 0.762. The highest BCUT2D eigenvalue weighted by molar-refractivity contribution is 5.68. The van der Waals surface area contributed by atoms with Crippen LogP contribution in [0.25, 0.3) is 0 Å². The lowest BCUT2D eigenvalue weighted by Crippen LogP contribution is -2.63. The van der Waals surface area contributed by atoms with Gasteiger partial charge in [0.25, 0.3) is 0 Å². The number of esters is 5. The summed E-state index contributed by atoms with van der Waals surface area (Å²) in [6.45, 7) is 5.21. The van der Waals surface area contributed by atoms with Gasteiger partial charge in [0.1, 0.15) is 6.10 Å². The lowest BCUT2D eigenvalue weighted by molar-refractivity contribution is -0.335. The van der Waals surface area contributed by atoms with E-state index in [0.29, 0.717) is 0 Å². The number of rotatable bonds is 8. The predicted octanol–water partition coefficient (Wildman–Crippen LogP) is -0.611. The molecule has 2 saturated heterocycles. The minimum atomic E-state index is -1.42. The summed E-state index contributed by atoms with van der Waals surface area (Å²) in [5.41, 5.74) is 0. The van der Waals surface area contributed by atoms with Gasteiger partial charge in [-0.25, -0.2) is 0 Å². The zero-order valence-corrected chi connectivity index (χ0v) is 20.2. The zero-order valence-electron chi connectivity index (χ0n) is 20.2. The maximum Gasteiger partial charge on any atom is 0.303 e. The first-order valence-corrected chi connectivity index (χ1v) is 10.7. The van der Waals surface area contributed by atoms with E-state index in [1.165, 1.54) is 14.0 Å². The van der Waals surface area contributed by atoms with Crippen LogP contribution in [0.1, 0.15) is 34.6 Å². The number of hydrogen-bond donors (Lipinski definition) is 0. The molecule has 0 bridgehead atoms. The maximum atomic E-state index is 11.9. The van der Waals surface area contributed by atoms with Crippen LogP contribution < -0.4 is 0 Å². The van der Waals surface area contributed by atoms with Crippen molar-refractivity contribution >= 4 is 29.8 Å². The van der Waals surface area contributed by atoms with Gasteiger partial charge in [0.05, 0.1) is 13.2 Å².